The number of fused-ring (bicyclic) bond motifs is 1. The predicted octanol–water partition coefficient (Wildman–Crippen LogP) is 3.14. The zero-order valence-electron chi connectivity index (χ0n) is 14.6. The van der Waals surface area contributed by atoms with Crippen LogP contribution in [-0.4, -0.2) is 47.0 Å². The molecule has 0 unspecified atom stereocenters. The second-order valence-electron chi connectivity index (χ2n) is 6.62. The van der Waals surface area contributed by atoms with Crippen molar-refractivity contribution in [1.82, 2.24) is 14.9 Å². The molecule has 0 saturated carbocycles. The van der Waals surface area contributed by atoms with Gasteiger partial charge in [0, 0.05) is 37.4 Å². The van der Waals surface area contributed by atoms with Gasteiger partial charge in [-0.05, 0) is 43.7 Å². The molecule has 1 aromatic heterocycles. The van der Waals surface area contributed by atoms with Crippen LogP contribution >= 0.6 is 0 Å². The molecule has 1 fully saturated rings. The predicted molar refractivity (Wildman–Crippen MR) is 100 cm³/mol. The van der Waals surface area contributed by atoms with E-state index in [-0.39, 0.29) is 5.91 Å². The first-order valence-electron chi connectivity index (χ1n) is 8.68. The molecule has 5 heteroatoms. The molecule has 1 aliphatic rings. The Kier molecular flexibility index (Phi) is 3.92. The van der Waals surface area contributed by atoms with Crippen LogP contribution in [0.4, 0.5) is 5.69 Å². The van der Waals surface area contributed by atoms with E-state index in [0.29, 0.717) is 0 Å². The average molecular weight is 334 g/mol. The average Bonchev–Trinajstić information content (AvgIpc) is 3.01. The zero-order chi connectivity index (χ0) is 17.4. The largest absolute Gasteiger partial charge is 0.368 e. The highest BCUT2D eigenvalue weighted by atomic mass is 16.2. The third-order valence-electron chi connectivity index (χ3n) is 4.89. The Morgan fingerprint density at radius 3 is 2.56 bits per heavy atom. The number of carbonyl (C=O) groups is 1. The molecule has 4 rings (SSSR count). The maximum Gasteiger partial charge on any atom is 0.254 e. The highest BCUT2D eigenvalue weighted by molar-refractivity contribution is 5.95. The number of hydrogen-bond donors (Lipinski definition) is 1. The Morgan fingerprint density at radius 2 is 1.80 bits per heavy atom. The summed E-state index contributed by atoms with van der Waals surface area (Å²) in [7, 11) is 0. The fraction of sp³-hybridized carbons (Fsp3) is 0.300. The lowest BCUT2D eigenvalue weighted by molar-refractivity contribution is 0.0746. The molecule has 0 radical (unpaired) electrons. The Labute approximate surface area is 147 Å². The topological polar surface area (TPSA) is 52.2 Å². The molecular formula is C20H22N4O. The van der Waals surface area contributed by atoms with Gasteiger partial charge in [-0.3, -0.25) is 4.79 Å². The molecule has 128 valence electrons. The van der Waals surface area contributed by atoms with Crippen molar-refractivity contribution in [1.29, 1.82) is 0 Å². The van der Waals surface area contributed by atoms with Crippen molar-refractivity contribution in [3.05, 3.63) is 59.4 Å². The van der Waals surface area contributed by atoms with E-state index in [1.165, 1.54) is 5.69 Å². The summed E-state index contributed by atoms with van der Waals surface area (Å²) in [6.07, 6.45) is 0. The Hall–Kier alpha value is -2.82. The minimum atomic E-state index is 0.136. The number of aryl methyl sites for hydroxylation is 2. The second-order valence-corrected chi connectivity index (χ2v) is 6.62. The van der Waals surface area contributed by atoms with Gasteiger partial charge in [-0.1, -0.05) is 18.2 Å². The molecule has 5 nitrogen and oxygen atoms in total. The summed E-state index contributed by atoms with van der Waals surface area (Å²) in [5.41, 5.74) is 5.09. The van der Waals surface area contributed by atoms with E-state index in [0.717, 1.165) is 54.2 Å². The van der Waals surface area contributed by atoms with Gasteiger partial charge in [0.25, 0.3) is 5.91 Å². The molecule has 3 aromatic rings. The number of anilines is 1. The number of piperazine rings is 1. The van der Waals surface area contributed by atoms with Crippen LogP contribution in [0.1, 0.15) is 21.7 Å². The van der Waals surface area contributed by atoms with Crippen molar-refractivity contribution in [2.24, 2.45) is 0 Å². The summed E-state index contributed by atoms with van der Waals surface area (Å²) in [6, 6.07) is 14.1. The molecule has 1 saturated heterocycles. The number of amides is 1. The van der Waals surface area contributed by atoms with Crippen molar-refractivity contribution in [3.8, 4) is 0 Å². The number of carbonyl (C=O) groups excluding carboxylic acids is 1. The summed E-state index contributed by atoms with van der Waals surface area (Å²) in [5, 5.41) is 0. The van der Waals surface area contributed by atoms with Crippen LogP contribution in [0.5, 0.6) is 0 Å². The van der Waals surface area contributed by atoms with Gasteiger partial charge in [-0.15, -0.1) is 0 Å². The lowest BCUT2D eigenvalue weighted by atomic mass is 10.1. The molecule has 1 aliphatic heterocycles. The van der Waals surface area contributed by atoms with Crippen LogP contribution in [0.3, 0.4) is 0 Å². The third-order valence-corrected chi connectivity index (χ3v) is 4.89. The van der Waals surface area contributed by atoms with Crippen molar-refractivity contribution < 1.29 is 4.79 Å². The Balaban J connectivity index is 1.47. The fourth-order valence-electron chi connectivity index (χ4n) is 3.47. The van der Waals surface area contributed by atoms with Crippen molar-refractivity contribution in [3.63, 3.8) is 0 Å². The van der Waals surface area contributed by atoms with Crippen LogP contribution in [-0.2, 0) is 0 Å². The minimum absolute atomic E-state index is 0.136. The van der Waals surface area contributed by atoms with Gasteiger partial charge in [0.05, 0.1) is 11.0 Å². The van der Waals surface area contributed by atoms with Crippen molar-refractivity contribution >= 4 is 22.6 Å². The number of H-pyrrole nitrogens is 1. The maximum absolute atomic E-state index is 12.7. The molecule has 1 N–H and O–H groups in total. The highest BCUT2D eigenvalue weighted by Crippen LogP contribution is 2.22. The molecule has 0 aliphatic carbocycles. The molecule has 0 bridgehead atoms. The Morgan fingerprint density at radius 1 is 1.04 bits per heavy atom. The van der Waals surface area contributed by atoms with E-state index in [1.54, 1.807) is 0 Å². The highest BCUT2D eigenvalue weighted by Gasteiger charge is 2.23. The molecule has 25 heavy (non-hydrogen) atoms. The standard InChI is InChI=1S/C20H22N4O/c1-14-5-3-4-6-17(14)20(25)24-11-9-23(10-12-24)16-7-8-18-19(13-16)22-15(2)21-18/h3-8,13H,9-12H2,1-2H3,(H,21,22). The van der Waals surface area contributed by atoms with E-state index in [9.17, 15) is 4.79 Å². The number of nitrogens with zero attached hydrogens (tertiary/aromatic N) is 3. The number of aromatic amines is 1. The molecule has 2 aromatic carbocycles. The fourth-order valence-corrected chi connectivity index (χ4v) is 3.47. The van der Waals surface area contributed by atoms with Gasteiger partial charge >= 0.3 is 0 Å². The molecular weight excluding hydrogens is 312 g/mol. The number of rotatable bonds is 2. The van der Waals surface area contributed by atoms with Crippen LogP contribution < -0.4 is 4.90 Å². The first kappa shape index (κ1) is 15.7. The van der Waals surface area contributed by atoms with Crippen molar-refractivity contribution in [2.75, 3.05) is 31.1 Å². The Bertz CT molecular complexity index is 922. The lowest BCUT2D eigenvalue weighted by Gasteiger charge is -2.36. The molecule has 2 heterocycles. The van der Waals surface area contributed by atoms with E-state index in [1.807, 2.05) is 43.0 Å². The maximum atomic E-state index is 12.7. The van der Waals surface area contributed by atoms with Crippen LogP contribution in [0.15, 0.2) is 42.5 Å². The van der Waals surface area contributed by atoms with E-state index in [4.69, 9.17) is 0 Å². The van der Waals surface area contributed by atoms with E-state index >= 15 is 0 Å². The van der Waals surface area contributed by atoms with Crippen LogP contribution in [0.2, 0.25) is 0 Å². The molecule has 1 amide bonds. The second kappa shape index (κ2) is 6.24. The minimum Gasteiger partial charge on any atom is -0.368 e. The summed E-state index contributed by atoms with van der Waals surface area (Å²) < 4.78 is 0. The summed E-state index contributed by atoms with van der Waals surface area (Å²) in [6.45, 7) is 7.13. The normalized spacial score (nSPS) is 15.0. The first-order valence-corrected chi connectivity index (χ1v) is 8.68. The number of benzene rings is 2. The summed E-state index contributed by atoms with van der Waals surface area (Å²) >= 11 is 0. The van der Waals surface area contributed by atoms with E-state index < -0.39 is 0 Å². The van der Waals surface area contributed by atoms with Gasteiger partial charge in [-0.2, -0.15) is 0 Å². The molecule has 0 spiro atoms. The van der Waals surface area contributed by atoms with Gasteiger partial charge in [0.15, 0.2) is 0 Å². The SMILES string of the molecule is Cc1nc2ccc(N3CCN(C(=O)c4ccccc4C)CC3)cc2[nH]1. The zero-order valence-corrected chi connectivity index (χ0v) is 14.6. The van der Waals surface area contributed by atoms with Crippen molar-refractivity contribution in [2.45, 2.75) is 13.8 Å². The summed E-state index contributed by atoms with van der Waals surface area (Å²) in [5.74, 6) is 1.07. The number of nitrogens with one attached hydrogen (secondary N) is 1. The van der Waals surface area contributed by atoms with Crippen LogP contribution in [0, 0.1) is 13.8 Å². The number of aromatic nitrogens is 2. The third kappa shape index (κ3) is 2.97. The van der Waals surface area contributed by atoms with Gasteiger partial charge in [0.1, 0.15) is 5.82 Å². The quantitative estimate of drug-likeness (QED) is 0.783. The summed E-state index contributed by atoms with van der Waals surface area (Å²) in [4.78, 5) is 24.8. The monoisotopic (exact) mass is 334 g/mol. The van der Waals surface area contributed by atoms with Gasteiger partial charge < -0.3 is 14.8 Å². The van der Waals surface area contributed by atoms with Gasteiger partial charge in [-0.25, -0.2) is 4.98 Å². The van der Waals surface area contributed by atoms with E-state index in [2.05, 4.69) is 33.1 Å². The molecule has 0 atom stereocenters. The first-order chi connectivity index (χ1) is 12.1. The number of imidazole rings is 1. The lowest BCUT2D eigenvalue weighted by Crippen LogP contribution is -2.48. The van der Waals surface area contributed by atoms with Gasteiger partial charge in [0.2, 0.25) is 0 Å². The smallest absolute Gasteiger partial charge is 0.254 e. The van der Waals surface area contributed by atoms with Crippen LogP contribution in [0.25, 0.3) is 11.0 Å². The number of hydrogen-bond acceptors (Lipinski definition) is 3.